The number of ether oxygens (including phenoxy) is 1. The molecule has 6 unspecified atom stereocenters. The lowest BCUT2D eigenvalue weighted by Crippen LogP contribution is -2.51. The molecule has 0 bridgehead atoms. The quantitative estimate of drug-likeness (QED) is 0.757. The molecule has 2 saturated carbocycles. The molecule has 128 valence electrons. The Bertz CT molecular complexity index is 410. The third-order valence-corrected chi connectivity index (χ3v) is 7.71. The second-order valence-corrected chi connectivity index (χ2v) is 9.78. The van der Waals surface area contributed by atoms with E-state index in [1.165, 1.54) is 32.1 Å². The normalized spacial score (nSPS) is 46.6. The Kier molecular flexibility index (Phi) is 4.18. The first-order valence-electron chi connectivity index (χ1n) is 9.51. The van der Waals surface area contributed by atoms with E-state index in [0.29, 0.717) is 10.8 Å². The van der Waals surface area contributed by atoms with Gasteiger partial charge in [-0.15, -0.1) is 0 Å². The topological polar surface area (TPSA) is 32.8 Å². The van der Waals surface area contributed by atoms with Crippen LogP contribution < -0.4 is 0 Å². The second kappa shape index (κ2) is 5.48. The molecule has 2 nitrogen and oxygen atoms in total. The summed E-state index contributed by atoms with van der Waals surface area (Å²) >= 11 is 0. The molecule has 0 spiro atoms. The maximum Gasteiger partial charge on any atom is 0.109 e. The minimum Gasteiger partial charge on any atom is -0.387 e. The zero-order chi connectivity index (χ0) is 16.2. The second-order valence-electron chi connectivity index (χ2n) is 9.78. The van der Waals surface area contributed by atoms with Gasteiger partial charge >= 0.3 is 0 Å². The highest BCUT2D eigenvalue weighted by Gasteiger charge is 2.54. The number of aliphatic hydroxyl groups is 1. The van der Waals surface area contributed by atoms with E-state index in [1.807, 2.05) is 6.92 Å². The van der Waals surface area contributed by atoms with E-state index in [9.17, 15) is 5.11 Å². The van der Waals surface area contributed by atoms with Gasteiger partial charge in [0.1, 0.15) is 6.10 Å². The van der Waals surface area contributed by atoms with Crippen molar-refractivity contribution in [1.82, 2.24) is 0 Å². The summed E-state index contributed by atoms with van der Waals surface area (Å²) in [5.41, 5.74) is 0.348. The summed E-state index contributed by atoms with van der Waals surface area (Å²) in [5, 5.41) is 10.6. The largest absolute Gasteiger partial charge is 0.387 e. The summed E-state index contributed by atoms with van der Waals surface area (Å²) in [6, 6.07) is 0. The maximum atomic E-state index is 10.6. The smallest absolute Gasteiger partial charge is 0.109 e. The Morgan fingerprint density at radius 1 is 1.18 bits per heavy atom. The predicted molar refractivity (Wildman–Crippen MR) is 90.7 cm³/mol. The first kappa shape index (κ1) is 16.8. The minimum atomic E-state index is -0.618. The molecular formula is C20H36O2. The van der Waals surface area contributed by atoms with Crippen molar-refractivity contribution in [1.29, 1.82) is 0 Å². The van der Waals surface area contributed by atoms with Crippen molar-refractivity contribution < 1.29 is 9.84 Å². The van der Waals surface area contributed by atoms with Gasteiger partial charge in [-0.1, -0.05) is 40.5 Å². The van der Waals surface area contributed by atoms with E-state index < -0.39 is 5.60 Å². The SMILES string of the molecule is CC1CCC2C(C)(C)CCCC2(C)C1CCC(C)(O)C1CO1. The van der Waals surface area contributed by atoms with Gasteiger partial charge in [0.15, 0.2) is 0 Å². The molecular weight excluding hydrogens is 272 g/mol. The molecule has 0 aromatic carbocycles. The summed E-state index contributed by atoms with van der Waals surface area (Å²) in [5.74, 6) is 2.42. The van der Waals surface area contributed by atoms with E-state index in [-0.39, 0.29) is 6.10 Å². The number of rotatable bonds is 4. The Hall–Kier alpha value is -0.0800. The molecule has 2 heteroatoms. The van der Waals surface area contributed by atoms with Gasteiger partial charge in [-0.05, 0) is 67.6 Å². The summed E-state index contributed by atoms with van der Waals surface area (Å²) < 4.78 is 5.35. The fraction of sp³-hybridized carbons (Fsp3) is 1.00. The van der Waals surface area contributed by atoms with Gasteiger partial charge in [0.25, 0.3) is 0 Å². The monoisotopic (exact) mass is 308 g/mol. The summed E-state index contributed by atoms with van der Waals surface area (Å²) in [7, 11) is 0. The first-order valence-corrected chi connectivity index (χ1v) is 9.51. The predicted octanol–water partition coefficient (Wildman–Crippen LogP) is 4.80. The minimum absolute atomic E-state index is 0.0952. The fourth-order valence-corrected chi connectivity index (χ4v) is 6.24. The Morgan fingerprint density at radius 2 is 1.86 bits per heavy atom. The van der Waals surface area contributed by atoms with Crippen molar-refractivity contribution in [2.75, 3.05) is 6.61 Å². The summed E-state index contributed by atoms with van der Waals surface area (Å²) in [6.45, 7) is 12.7. The van der Waals surface area contributed by atoms with Crippen LogP contribution >= 0.6 is 0 Å². The average Bonchev–Trinajstić information content (AvgIpc) is 3.21. The molecule has 2 aliphatic carbocycles. The Balaban J connectivity index is 1.75. The zero-order valence-corrected chi connectivity index (χ0v) is 15.3. The van der Waals surface area contributed by atoms with E-state index in [0.717, 1.165) is 37.2 Å². The van der Waals surface area contributed by atoms with Crippen molar-refractivity contribution in [3.8, 4) is 0 Å². The lowest BCUT2D eigenvalue weighted by molar-refractivity contribution is -0.103. The molecule has 0 radical (unpaired) electrons. The highest BCUT2D eigenvalue weighted by Crippen LogP contribution is 2.62. The van der Waals surface area contributed by atoms with Crippen LogP contribution in [0.25, 0.3) is 0 Å². The van der Waals surface area contributed by atoms with Crippen molar-refractivity contribution in [2.45, 2.75) is 91.3 Å². The maximum absolute atomic E-state index is 10.6. The van der Waals surface area contributed by atoms with Gasteiger partial charge in [-0.3, -0.25) is 0 Å². The van der Waals surface area contributed by atoms with Gasteiger partial charge in [0.2, 0.25) is 0 Å². The molecule has 3 rings (SSSR count). The zero-order valence-electron chi connectivity index (χ0n) is 15.3. The molecule has 3 fully saturated rings. The van der Waals surface area contributed by atoms with Crippen LogP contribution in [0.4, 0.5) is 0 Å². The highest BCUT2D eigenvalue weighted by molar-refractivity contribution is 5.03. The lowest BCUT2D eigenvalue weighted by atomic mass is 9.46. The molecule has 0 aromatic heterocycles. The van der Waals surface area contributed by atoms with Gasteiger partial charge in [0, 0.05) is 0 Å². The van der Waals surface area contributed by atoms with Crippen LogP contribution in [0.2, 0.25) is 0 Å². The molecule has 6 atom stereocenters. The van der Waals surface area contributed by atoms with Gasteiger partial charge in [-0.2, -0.15) is 0 Å². The number of epoxide rings is 1. The molecule has 1 N–H and O–H groups in total. The van der Waals surface area contributed by atoms with Crippen LogP contribution in [0.3, 0.4) is 0 Å². The molecule has 0 amide bonds. The summed E-state index contributed by atoms with van der Waals surface area (Å²) in [4.78, 5) is 0. The standard InChI is InChI=1S/C20H36O2/c1-14-7-8-16-18(2,3)10-6-11-19(16,4)15(14)9-12-20(5,21)17-13-22-17/h14-17,21H,6-13H2,1-5H3. The van der Waals surface area contributed by atoms with Gasteiger partial charge in [0.05, 0.1) is 12.2 Å². The number of fused-ring (bicyclic) bond motifs is 1. The first-order chi connectivity index (χ1) is 10.2. The number of hydrogen-bond donors (Lipinski definition) is 1. The van der Waals surface area contributed by atoms with Gasteiger partial charge < -0.3 is 9.84 Å². The molecule has 0 aromatic rings. The van der Waals surface area contributed by atoms with Crippen molar-refractivity contribution >= 4 is 0 Å². The fourth-order valence-electron chi connectivity index (χ4n) is 6.24. The van der Waals surface area contributed by atoms with E-state index in [2.05, 4.69) is 27.7 Å². The highest BCUT2D eigenvalue weighted by atomic mass is 16.6. The molecule has 1 aliphatic heterocycles. The van der Waals surface area contributed by atoms with Crippen molar-refractivity contribution in [2.24, 2.45) is 28.6 Å². The molecule has 22 heavy (non-hydrogen) atoms. The number of hydrogen-bond acceptors (Lipinski definition) is 2. The van der Waals surface area contributed by atoms with E-state index in [4.69, 9.17) is 4.74 Å². The molecule has 3 aliphatic rings. The average molecular weight is 309 g/mol. The van der Waals surface area contributed by atoms with E-state index in [1.54, 1.807) is 0 Å². The van der Waals surface area contributed by atoms with Crippen LogP contribution in [-0.2, 0) is 4.74 Å². The van der Waals surface area contributed by atoms with Crippen LogP contribution in [0.1, 0.15) is 79.6 Å². The van der Waals surface area contributed by atoms with Crippen LogP contribution in [0, 0.1) is 28.6 Å². The lowest BCUT2D eigenvalue weighted by Gasteiger charge is -2.59. The molecule has 1 heterocycles. The third kappa shape index (κ3) is 2.86. The Labute approximate surface area is 137 Å². The van der Waals surface area contributed by atoms with Crippen LogP contribution in [0.5, 0.6) is 0 Å². The van der Waals surface area contributed by atoms with Gasteiger partial charge in [-0.25, -0.2) is 0 Å². The van der Waals surface area contributed by atoms with Crippen LogP contribution in [0.15, 0.2) is 0 Å². The molecule has 1 saturated heterocycles. The third-order valence-electron chi connectivity index (χ3n) is 7.71. The summed E-state index contributed by atoms with van der Waals surface area (Å²) in [6.07, 6.45) is 9.09. The van der Waals surface area contributed by atoms with Crippen LogP contribution in [-0.4, -0.2) is 23.4 Å². The van der Waals surface area contributed by atoms with Crippen molar-refractivity contribution in [3.05, 3.63) is 0 Å². The van der Waals surface area contributed by atoms with Crippen molar-refractivity contribution in [3.63, 3.8) is 0 Å². The Morgan fingerprint density at radius 3 is 2.50 bits per heavy atom. The van der Waals surface area contributed by atoms with E-state index >= 15 is 0 Å².